The van der Waals surface area contributed by atoms with Gasteiger partial charge < -0.3 is 0 Å². The Morgan fingerprint density at radius 2 is 1.00 bits per heavy atom. The molecule has 0 saturated carbocycles. The van der Waals surface area contributed by atoms with Crippen molar-refractivity contribution in [1.82, 2.24) is 0 Å². The van der Waals surface area contributed by atoms with Crippen LogP contribution in [0, 0.1) is 0 Å². The molecule has 4 rings (SSSR count). The Morgan fingerprint density at radius 3 is 1.33 bits per heavy atom. The molecule has 0 atom stereocenters. The van der Waals surface area contributed by atoms with Gasteiger partial charge in [0.1, 0.15) is 0 Å². The van der Waals surface area contributed by atoms with Gasteiger partial charge in [-0.05, 0) is 23.2 Å². The van der Waals surface area contributed by atoms with Crippen LogP contribution >= 0.6 is 0 Å². The number of rotatable bonds is 4. The van der Waals surface area contributed by atoms with Gasteiger partial charge in [0.25, 0.3) is 0 Å². The van der Waals surface area contributed by atoms with Crippen LogP contribution in [0.5, 0.6) is 0 Å². The van der Waals surface area contributed by atoms with Gasteiger partial charge in [0.05, 0.1) is 0 Å². The van der Waals surface area contributed by atoms with Gasteiger partial charge in [0, 0.05) is 0 Å². The fourth-order valence-electron chi connectivity index (χ4n) is 3.94. The Kier molecular flexibility index (Phi) is 5.57. The molecule has 0 N–H and O–H groups in total. The van der Waals surface area contributed by atoms with Crippen molar-refractivity contribution in [3.8, 4) is 0 Å². The van der Waals surface area contributed by atoms with Crippen LogP contribution in [0.3, 0.4) is 0 Å². The summed E-state index contributed by atoms with van der Waals surface area (Å²) in [6.07, 6.45) is 15.9. The molecule has 2 aromatic rings. The van der Waals surface area contributed by atoms with Gasteiger partial charge >= 0.3 is 29.6 Å². The molecule has 0 unspecified atom stereocenters. The first-order chi connectivity index (χ1) is 11.4. The third kappa shape index (κ3) is 2.87. The van der Waals surface area contributed by atoms with Gasteiger partial charge in [-0.2, -0.15) is 0 Å². The Hall–Kier alpha value is -1.38. The van der Waals surface area contributed by atoms with E-state index < -0.39 is 8.07 Å². The van der Waals surface area contributed by atoms with Gasteiger partial charge in [-0.1, -0.05) is 108 Å². The second kappa shape index (κ2) is 7.67. The van der Waals surface area contributed by atoms with Gasteiger partial charge in [-0.25, -0.2) is 0 Å². The molecule has 2 heteroatoms. The molecule has 2 aliphatic carbocycles. The molecular weight excluding hydrogens is 315 g/mol. The van der Waals surface area contributed by atoms with E-state index in [2.05, 4.69) is 97.1 Å². The van der Waals surface area contributed by atoms with Gasteiger partial charge in [0.2, 0.25) is 0 Å². The van der Waals surface area contributed by atoms with Crippen LogP contribution in [-0.4, -0.2) is 37.6 Å². The molecule has 0 amide bonds. The molecule has 0 fully saturated rings. The second-order valence-corrected chi connectivity index (χ2v) is 10.1. The van der Waals surface area contributed by atoms with E-state index in [-0.39, 0.29) is 29.6 Å². The summed E-state index contributed by atoms with van der Waals surface area (Å²) in [5.74, 6) is 0. The predicted octanol–water partition coefficient (Wildman–Crippen LogP) is 3.45. The first-order valence-corrected chi connectivity index (χ1v) is 10.3. The zero-order chi connectivity index (χ0) is 15.5. The molecule has 114 valence electrons. The van der Waals surface area contributed by atoms with E-state index >= 15 is 0 Å². The fourth-order valence-corrected chi connectivity index (χ4v) is 9.10. The van der Waals surface area contributed by atoms with Crippen molar-refractivity contribution in [2.24, 2.45) is 0 Å². The molecule has 2 aliphatic rings. The number of allylic oxidation sites excluding steroid dienone is 8. The van der Waals surface area contributed by atoms with E-state index in [1.54, 1.807) is 10.4 Å². The standard InChI is InChI=1S/C22H20Si.Na.H/c1-3-11-19(12-4-1)23(21-15-7-8-16-21,22-17-9-10-18-22)20-13-5-2-6-14-20;;/h1-15,17H,16,18H2;;. The molecule has 0 heterocycles. The van der Waals surface area contributed by atoms with Crippen LogP contribution < -0.4 is 10.4 Å². The maximum atomic E-state index is 2.37. The summed E-state index contributed by atoms with van der Waals surface area (Å²) in [5, 5.41) is 6.20. The molecule has 0 nitrogen and oxygen atoms in total. The summed E-state index contributed by atoms with van der Waals surface area (Å²) in [5.41, 5.74) is 0. The van der Waals surface area contributed by atoms with Gasteiger partial charge in [-0.3, -0.25) is 0 Å². The molecule has 2 aromatic carbocycles. The third-order valence-electron chi connectivity index (χ3n) is 4.92. The average Bonchev–Trinajstić information content (AvgIpc) is 3.32. The molecule has 24 heavy (non-hydrogen) atoms. The zero-order valence-electron chi connectivity index (χ0n) is 13.2. The Morgan fingerprint density at radius 1 is 0.583 bits per heavy atom. The SMILES string of the molecule is C1=CCC([Si](C2=CC=CC2)(c2ccccc2)c2ccccc2)=C1.[NaH]. The van der Waals surface area contributed by atoms with Crippen LogP contribution in [0.2, 0.25) is 0 Å². The van der Waals surface area contributed by atoms with E-state index in [1.165, 1.54) is 10.4 Å². The van der Waals surface area contributed by atoms with Crippen molar-refractivity contribution in [1.29, 1.82) is 0 Å². The monoisotopic (exact) mass is 336 g/mol. The minimum absolute atomic E-state index is 0. The number of benzene rings is 2. The van der Waals surface area contributed by atoms with Gasteiger partial charge in [-0.15, -0.1) is 0 Å². The Balaban J connectivity index is 0.00000169. The van der Waals surface area contributed by atoms with Crippen LogP contribution in [0.25, 0.3) is 0 Å². The Labute approximate surface area is 167 Å². The minimum atomic E-state index is -2.08. The van der Waals surface area contributed by atoms with Crippen LogP contribution in [0.1, 0.15) is 12.8 Å². The topological polar surface area (TPSA) is 0 Å². The van der Waals surface area contributed by atoms with E-state index in [4.69, 9.17) is 0 Å². The van der Waals surface area contributed by atoms with Crippen LogP contribution in [0.4, 0.5) is 0 Å². The van der Waals surface area contributed by atoms with Crippen molar-refractivity contribution < 1.29 is 0 Å². The van der Waals surface area contributed by atoms with E-state index in [0.717, 1.165) is 12.8 Å². The van der Waals surface area contributed by atoms with Crippen molar-refractivity contribution in [3.05, 3.63) is 108 Å². The summed E-state index contributed by atoms with van der Waals surface area (Å²) in [6, 6.07) is 22.3. The van der Waals surface area contributed by atoms with Crippen molar-refractivity contribution in [2.45, 2.75) is 12.8 Å². The number of hydrogen-bond acceptors (Lipinski definition) is 0. The first kappa shape index (κ1) is 17.4. The molecule has 0 spiro atoms. The summed E-state index contributed by atoms with van der Waals surface area (Å²) in [6.45, 7) is 0. The van der Waals surface area contributed by atoms with Crippen molar-refractivity contribution in [3.63, 3.8) is 0 Å². The number of hydrogen-bond donors (Lipinski definition) is 0. The fraction of sp³-hybridized carbons (Fsp3) is 0.0909. The average molecular weight is 336 g/mol. The molecular formula is C22H21NaSi. The Bertz CT molecular complexity index is 742. The molecule has 0 saturated heterocycles. The summed E-state index contributed by atoms with van der Waals surface area (Å²) in [4.78, 5) is 0. The molecule has 0 bridgehead atoms. The van der Waals surface area contributed by atoms with E-state index in [0.29, 0.717) is 0 Å². The summed E-state index contributed by atoms with van der Waals surface area (Å²) >= 11 is 0. The van der Waals surface area contributed by atoms with Crippen molar-refractivity contribution >= 4 is 48.0 Å². The van der Waals surface area contributed by atoms with Crippen molar-refractivity contribution in [2.75, 3.05) is 0 Å². The maximum absolute atomic E-state index is 2.37. The van der Waals surface area contributed by atoms with Crippen LogP contribution in [-0.2, 0) is 0 Å². The normalized spacial score (nSPS) is 15.8. The summed E-state index contributed by atoms with van der Waals surface area (Å²) < 4.78 is 0. The second-order valence-electron chi connectivity index (χ2n) is 6.13. The molecule has 0 aromatic heterocycles. The van der Waals surface area contributed by atoms with Crippen LogP contribution in [0.15, 0.2) is 108 Å². The third-order valence-corrected chi connectivity index (χ3v) is 9.99. The first-order valence-electron chi connectivity index (χ1n) is 8.26. The zero-order valence-corrected chi connectivity index (χ0v) is 14.2. The molecule has 0 aliphatic heterocycles. The van der Waals surface area contributed by atoms with E-state index in [9.17, 15) is 0 Å². The quantitative estimate of drug-likeness (QED) is 0.750. The summed E-state index contributed by atoms with van der Waals surface area (Å²) in [7, 11) is -2.08. The van der Waals surface area contributed by atoms with Gasteiger partial charge in [0.15, 0.2) is 8.07 Å². The van der Waals surface area contributed by atoms with E-state index in [1.807, 2.05) is 0 Å². The predicted molar refractivity (Wildman–Crippen MR) is 109 cm³/mol. The molecule has 0 radical (unpaired) electrons.